The smallest absolute Gasteiger partial charge is 0.238 e. The third-order valence-electron chi connectivity index (χ3n) is 3.44. The normalized spacial score (nSPS) is 16.4. The number of nitrogens with zero attached hydrogens (tertiary/aromatic N) is 1. The van der Waals surface area contributed by atoms with Crippen molar-refractivity contribution in [1.29, 1.82) is 0 Å². The summed E-state index contributed by atoms with van der Waals surface area (Å²) in [6, 6.07) is 5.07. The second-order valence-corrected chi connectivity index (χ2v) is 4.59. The summed E-state index contributed by atoms with van der Waals surface area (Å²) in [4.78, 5) is 12.3. The van der Waals surface area contributed by atoms with Crippen LogP contribution >= 0.6 is 0 Å². The van der Waals surface area contributed by atoms with Gasteiger partial charge in [0.25, 0.3) is 0 Å². The van der Waals surface area contributed by atoms with Crippen LogP contribution in [-0.2, 0) is 4.79 Å². The number of hydrogen-bond acceptors (Lipinski definition) is 5. The molecule has 7 nitrogen and oxygen atoms in total. The molecule has 1 saturated carbocycles. The lowest BCUT2D eigenvalue weighted by Crippen LogP contribution is -2.36. The van der Waals surface area contributed by atoms with Gasteiger partial charge in [-0.25, -0.2) is 0 Å². The van der Waals surface area contributed by atoms with Gasteiger partial charge in [0.05, 0.1) is 19.9 Å². The Morgan fingerprint density at radius 2 is 2.10 bits per heavy atom. The van der Waals surface area contributed by atoms with E-state index in [4.69, 9.17) is 20.4 Å². The van der Waals surface area contributed by atoms with E-state index >= 15 is 0 Å². The van der Waals surface area contributed by atoms with Crippen LogP contribution in [0.1, 0.15) is 12.8 Å². The minimum atomic E-state index is -0.914. The maximum atomic E-state index is 12.3. The topological polar surface area (TPSA) is 106 Å². The molecule has 4 N–H and O–H groups in total. The Balaban J connectivity index is 2.24. The monoisotopic (exact) mass is 279 g/mol. The Kier molecular flexibility index (Phi) is 3.69. The number of hydrogen-bond donors (Lipinski definition) is 3. The molecule has 0 aliphatic heterocycles. The van der Waals surface area contributed by atoms with Crippen molar-refractivity contribution in [3.05, 3.63) is 18.2 Å². The Hall–Kier alpha value is -2.44. The van der Waals surface area contributed by atoms with Crippen molar-refractivity contribution < 1.29 is 19.5 Å². The number of amidine groups is 1. The van der Waals surface area contributed by atoms with E-state index < -0.39 is 5.41 Å². The van der Waals surface area contributed by atoms with E-state index in [-0.39, 0.29) is 11.7 Å². The molecular formula is C13H17N3O4. The van der Waals surface area contributed by atoms with E-state index in [2.05, 4.69) is 10.5 Å². The Morgan fingerprint density at radius 3 is 2.60 bits per heavy atom. The van der Waals surface area contributed by atoms with Crippen molar-refractivity contribution in [1.82, 2.24) is 0 Å². The number of rotatable bonds is 5. The van der Waals surface area contributed by atoms with Gasteiger partial charge in [0.15, 0.2) is 5.84 Å². The number of carbonyl (C=O) groups is 1. The van der Waals surface area contributed by atoms with Gasteiger partial charge >= 0.3 is 0 Å². The standard InChI is InChI=1S/C13H17N3O4/c1-19-8-3-4-10(20-2)9(7-8)15-12(17)13(5-6-13)11(14)16-18/h3-4,7,18H,5-6H2,1-2H3,(H2,14,16)(H,15,17). The number of ether oxygens (including phenoxy) is 2. The highest BCUT2D eigenvalue weighted by Crippen LogP contribution is 2.47. The molecule has 0 spiro atoms. The third kappa shape index (κ3) is 2.34. The molecule has 0 radical (unpaired) electrons. The largest absolute Gasteiger partial charge is 0.497 e. The molecule has 7 heteroatoms. The van der Waals surface area contributed by atoms with Crippen LogP contribution < -0.4 is 20.5 Å². The summed E-state index contributed by atoms with van der Waals surface area (Å²) in [6.45, 7) is 0. The highest BCUT2D eigenvalue weighted by atomic mass is 16.5. The predicted molar refractivity (Wildman–Crippen MR) is 73.3 cm³/mol. The molecule has 20 heavy (non-hydrogen) atoms. The third-order valence-corrected chi connectivity index (χ3v) is 3.44. The predicted octanol–water partition coefficient (Wildman–Crippen LogP) is 1.17. The van der Waals surface area contributed by atoms with Crippen LogP contribution in [0, 0.1) is 5.41 Å². The van der Waals surface area contributed by atoms with Crippen molar-refractivity contribution in [3.8, 4) is 11.5 Å². The lowest BCUT2D eigenvalue weighted by molar-refractivity contribution is -0.119. The van der Waals surface area contributed by atoms with Crippen LogP contribution in [0.5, 0.6) is 11.5 Å². The fourth-order valence-electron chi connectivity index (χ4n) is 1.97. The zero-order valence-electron chi connectivity index (χ0n) is 11.3. The first-order valence-electron chi connectivity index (χ1n) is 6.09. The van der Waals surface area contributed by atoms with Gasteiger partial charge in [-0.2, -0.15) is 0 Å². The minimum Gasteiger partial charge on any atom is -0.497 e. The molecule has 0 saturated heterocycles. The molecule has 0 unspecified atom stereocenters. The first-order valence-corrected chi connectivity index (χ1v) is 6.09. The number of nitrogens with one attached hydrogen (secondary N) is 1. The van der Waals surface area contributed by atoms with Gasteiger partial charge in [0, 0.05) is 6.07 Å². The quantitative estimate of drug-likeness (QED) is 0.324. The van der Waals surface area contributed by atoms with Gasteiger partial charge in [-0.05, 0) is 25.0 Å². The molecule has 0 heterocycles. The summed E-state index contributed by atoms with van der Waals surface area (Å²) in [6.07, 6.45) is 1.11. The van der Waals surface area contributed by atoms with Gasteiger partial charge in [-0.1, -0.05) is 5.16 Å². The van der Waals surface area contributed by atoms with Crippen molar-refractivity contribution in [2.75, 3.05) is 19.5 Å². The number of anilines is 1. The van der Waals surface area contributed by atoms with Gasteiger partial charge in [0.1, 0.15) is 16.9 Å². The molecule has 1 aliphatic rings. The second-order valence-electron chi connectivity index (χ2n) is 4.59. The molecule has 1 aliphatic carbocycles. The summed E-state index contributed by atoms with van der Waals surface area (Å²) < 4.78 is 10.3. The highest BCUT2D eigenvalue weighted by Gasteiger charge is 2.54. The van der Waals surface area contributed by atoms with E-state index in [0.717, 1.165) is 0 Å². The Labute approximate surface area is 116 Å². The summed E-state index contributed by atoms with van der Waals surface area (Å²) in [7, 11) is 3.04. The van der Waals surface area contributed by atoms with E-state index in [1.54, 1.807) is 18.2 Å². The molecule has 1 fully saturated rings. The van der Waals surface area contributed by atoms with E-state index in [0.29, 0.717) is 30.0 Å². The zero-order chi connectivity index (χ0) is 14.8. The van der Waals surface area contributed by atoms with Crippen LogP contribution in [-0.4, -0.2) is 31.2 Å². The molecule has 1 aromatic carbocycles. The number of methoxy groups -OCH3 is 2. The van der Waals surface area contributed by atoms with Crippen molar-refractivity contribution >= 4 is 17.4 Å². The van der Waals surface area contributed by atoms with E-state index in [9.17, 15) is 4.79 Å². The maximum Gasteiger partial charge on any atom is 0.238 e. The Bertz CT molecular complexity index is 553. The average molecular weight is 279 g/mol. The molecule has 0 bridgehead atoms. The summed E-state index contributed by atoms with van der Waals surface area (Å²) >= 11 is 0. The number of nitrogens with two attached hydrogens (primary N) is 1. The number of benzene rings is 1. The number of carbonyl (C=O) groups excluding carboxylic acids is 1. The SMILES string of the molecule is COc1ccc(OC)c(NC(=O)C2(/C(N)=N/O)CC2)c1. The number of oxime groups is 1. The first-order chi connectivity index (χ1) is 9.57. The van der Waals surface area contributed by atoms with Gasteiger partial charge in [0.2, 0.25) is 5.91 Å². The average Bonchev–Trinajstić information content (AvgIpc) is 3.28. The van der Waals surface area contributed by atoms with Crippen LogP contribution in [0.4, 0.5) is 5.69 Å². The fourth-order valence-corrected chi connectivity index (χ4v) is 1.97. The highest BCUT2D eigenvalue weighted by molar-refractivity contribution is 6.14. The fraction of sp³-hybridized carbons (Fsp3) is 0.385. The van der Waals surface area contributed by atoms with Gasteiger partial charge in [-0.3, -0.25) is 4.79 Å². The molecular weight excluding hydrogens is 262 g/mol. The van der Waals surface area contributed by atoms with E-state index in [1.165, 1.54) is 14.2 Å². The maximum absolute atomic E-state index is 12.3. The molecule has 2 rings (SSSR count). The molecule has 108 valence electrons. The van der Waals surface area contributed by atoms with Gasteiger partial charge in [-0.15, -0.1) is 0 Å². The van der Waals surface area contributed by atoms with Crippen LogP contribution in [0.15, 0.2) is 23.4 Å². The first kappa shape index (κ1) is 14.0. The van der Waals surface area contributed by atoms with Crippen LogP contribution in [0.3, 0.4) is 0 Å². The van der Waals surface area contributed by atoms with E-state index in [1.807, 2.05) is 0 Å². The lowest BCUT2D eigenvalue weighted by atomic mass is 10.1. The van der Waals surface area contributed by atoms with Crippen LogP contribution in [0.25, 0.3) is 0 Å². The molecule has 0 atom stereocenters. The molecule has 0 aromatic heterocycles. The van der Waals surface area contributed by atoms with Crippen molar-refractivity contribution in [3.63, 3.8) is 0 Å². The summed E-state index contributed by atoms with van der Waals surface area (Å²) in [5.74, 6) is 0.709. The van der Waals surface area contributed by atoms with Crippen molar-refractivity contribution in [2.24, 2.45) is 16.3 Å². The minimum absolute atomic E-state index is 0.0723. The van der Waals surface area contributed by atoms with Crippen LogP contribution in [0.2, 0.25) is 0 Å². The number of amides is 1. The molecule has 1 aromatic rings. The van der Waals surface area contributed by atoms with Crippen molar-refractivity contribution in [2.45, 2.75) is 12.8 Å². The molecule has 1 amide bonds. The summed E-state index contributed by atoms with van der Waals surface area (Å²) in [5.41, 5.74) is 5.14. The zero-order valence-corrected chi connectivity index (χ0v) is 11.3. The Morgan fingerprint density at radius 1 is 1.40 bits per heavy atom. The van der Waals surface area contributed by atoms with Gasteiger partial charge < -0.3 is 25.7 Å². The summed E-state index contributed by atoms with van der Waals surface area (Å²) in [5, 5.41) is 14.4. The second kappa shape index (κ2) is 5.28. The lowest BCUT2D eigenvalue weighted by Gasteiger charge is -2.16.